The second-order valence-corrected chi connectivity index (χ2v) is 6.38. The molecule has 0 saturated carbocycles. The summed E-state index contributed by atoms with van der Waals surface area (Å²) in [5.74, 6) is -1.35. The molecule has 0 aliphatic heterocycles. The van der Waals surface area contributed by atoms with Gasteiger partial charge in [0.25, 0.3) is 0 Å². The van der Waals surface area contributed by atoms with E-state index in [0.717, 1.165) is 0 Å². The van der Waals surface area contributed by atoms with E-state index in [1.807, 2.05) is 0 Å². The van der Waals surface area contributed by atoms with E-state index in [2.05, 4.69) is 21.2 Å². The van der Waals surface area contributed by atoms with Crippen LogP contribution in [0, 0.1) is 0 Å². The molecule has 1 rings (SSSR count). The van der Waals surface area contributed by atoms with Gasteiger partial charge in [0.05, 0.1) is 0 Å². The molecule has 0 bridgehead atoms. The van der Waals surface area contributed by atoms with Gasteiger partial charge in [-0.25, -0.2) is 9.59 Å². The molecule has 0 spiro atoms. The Morgan fingerprint density at radius 2 is 1.95 bits per heavy atom. The van der Waals surface area contributed by atoms with Crippen molar-refractivity contribution in [1.82, 2.24) is 5.32 Å². The molecule has 116 valence electrons. The van der Waals surface area contributed by atoms with Gasteiger partial charge in [-0.15, -0.1) is 0 Å². The maximum atomic E-state index is 11.7. The summed E-state index contributed by atoms with van der Waals surface area (Å²) in [6.07, 6.45) is -2.29. The first-order valence-corrected chi connectivity index (χ1v) is 7.05. The summed E-state index contributed by atoms with van der Waals surface area (Å²) in [4.78, 5) is 22.9. The molecule has 0 radical (unpaired) electrons. The van der Waals surface area contributed by atoms with E-state index in [1.54, 1.807) is 45.0 Å². The highest BCUT2D eigenvalue weighted by Crippen LogP contribution is 2.21. The van der Waals surface area contributed by atoms with Crippen LogP contribution in [0.15, 0.2) is 28.7 Å². The zero-order chi connectivity index (χ0) is 16.2. The lowest BCUT2D eigenvalue weighted by Crippen LogP contribution is -2.46. The van der Waals surface area contributed by atoms with Crippen molar-refractivity contribution in [1.29, 1.82) is 0 Å². The largest absolute Gasteiger partial charge is 0.480 e. The minimum atomic E-state index is -1.51. The lowest BCUT2D eigenvalue weighted by Gasteiger charge is -2.24. The molecule has 0 aliphatic carbocycles. The van der Waals surface area contributed by atoms with E-state index >= 15 is 0 Å². The van der Waals surface area contributed by atoms with E-state index in [-0.39, 0.29) is 0 Å². The molecular weight excluding hydrogens is 342 g/mol. The van der Waals surface area contributed by atoms with Crippen LogP contribution in [0.5, 0.6) is 0 Å². The number of alkyl carbamates (subject to hydrolysis) is 1. The van der Waals surface area contributed by atoms with Crippen molar-refractivity contribution in [3.8, 4) is 0 Å². The molecule has 0 saturated heterocycles. The van der Waals surface area contributed by atoms with Crippen LogP contribution in [0.25, 0.3) is 0 Å². The van der Waals surface area contributed by atoms with Gasteiger partial charge in [0.15, 0.2) is 6.04 Å². The smallest absolute Gasteiger partial charge is 0.408 e. The average molecular weight is 360 g/mol. The predicted octanol–water partition coefficient (Wildman–Crippen LogP) is 2.46. The number of benzene rings is 1. The van der Waals surface area contributed by atoms with Crippen LogP contribution >= 0.6 is 15.9 Å². The van der Waals surface area contributed by atoms with Gasteiger partial charge in [-0.2, -0.15) is 0 Å². The van der Waals surface area contributed by atoms with Crippen LogP contribution in [0.2, 0.25) is 0 Å². The highest BCUT2D eigenvalue weighted by Gasteiger charge is 2.31. The zero-order valence-corrected chi connectivity index (χ0v) is 13.5. The van der Waals surface area contributed by atoms with Gasteiger partial charge < -0.3 is 20.3 Å². The monoisotopic (exact) mass is 359 g/mol. The van der Waals surface area contributed by atoms with Crippen molar-refractivity contribution >= 4 is 28.0 Å². The highest BCUT2D eigenvalue weighted by atomic mass is 79.9. The van der Waals surface area contributed by atoms with Gasteiger partial charge in [-0.05, 0) is 38.5 Å². The number of hydrogen-bond acceptors (Lipinski definition) is 4. The van der Waals surface area contributed by atoms with Gasteiger partial charge in [0.2, 0.25) is 0 Å². The van der Waals surface area contributed by atoms with Gasteiger partial charge in [0, 0.05) is 4.47 Å². The SMILES string of the molecule is CC(C)(C)OC(=O)N[C@H](C(=O)O)[C@@H](O)c1cccc(Br)c1. The average Bonchev–Trinajstić information content (AvgIpc) is 2.32. The van der Waals surface area contributed by atoms with Gasteiger partial charge in [-0.1, -0.05) is 28.1 Å². The van der Waals surface area contributed by atoms with E-state index in [1.165, 1.54) is 0 Å². The fraction of sp³-hybridized carbons (Fsp3) is 0.429. The summed E-state index contributed by atoms with van der Waals surface area (Å²) in [6, 6.07) is 5.05. The minimum absolute atomic E-state index is 0.368. The zero-order valence-electron chi connectivity index (χ0n) is 12.0. The van der Waals surface area contributed by atoms with Gasteiger partial charge in [0.1, 0.15) is 11.7 Å². The van der Waals surface area contributed by atoms with Crippen molar-refractivity contribution in [3.63, 3.8) is 0 Å². The molecule has 1 aromatic carbocycles. The Labute approximate surface area is 131 Å². The second-order valence-electron chi connectivity index (χ2n) is 5.46. The number of carboxylic acid groups (broad SMARTS) is 1. The van der Waals surface area contributed by atoms with Crippen molar-refractivity contribution in [2.75, 3.05) is 0 Å². The summed E-state index contributed by atoms with van der Waals surface area (Å²) >= 11 is 3.24. The molecule has 0 heterocycles. The third-order valence-electron chi connectivity index (χ3n) is 2.44. The molecule has 7 heteroatoms. The Kier molecular flexibility index (Phi) is 5.74. The number of carbonyl (C=O) groups is 2. The van der Waals surface area contributed by atoms with E-state index in [9.17, 15) is 19.8 Å². The molecule has 1 aromatic rings. The number of nitrogens with one attached hydrogen (secondary N) is 1. The molecule has 0 fully saturated rings. The number of aliphatic carboxylic acids is 1. The summed E-state index contributed by atoms with van der Waals surface area (Å²) in [5, 5.41) is 21.5. The van der Waals surface area contributed by atoms with Crippen molar-refractivity contribution < 1.29 is 24.5 Å². The summed E-state index contributed by atoms with van der Waals surface area (Å²) < 4.78 is 5.69. The lowest BCUT2D eigenvalue weighted by atomic mass is 10.0. The molecule has 0 aromatic heterocycles. The third kappa shape index (κ3) is 5.73. The third-order valence-corrected chi connectivity index (χ3v) is 2.94. The number of hydrogen-bond donors (Lipinski definition) is 3. The standard InChI is InChI=1S/C14H18BrNO5/c1-14(2,3)21-13(20)16-10(12(18)19)11(17)8-5-4-6-9(15)7-8/h4-7,10-11,17H,1-3H3,(H,16,20)(H,18,19)/t10-,11-/m0/s1. The molecule has 21 heavy (non-hydrogen) atoms. The molecular formula is C14H18BrNO5. The molecule has 2 atom stereocenters. The lowest BCUT2D eigenvalue weighted by molar-refractivity contribution is -0.142. The number of aliphatic hydroxyl groups excluding tert-OH is 1. The Morgan fingerprint density at radius 3 is 2.43 bits per heavy atom. The predicted molar refractivity (Wildman–Crippen MR) is 79.9 cm³/mol. The van der Waals surface area contributed by atoms with Crippen LogP contribution < -0.4 is 5.32 Å². The van der Waals surface area contributed by atoms with E-state index < -0.39 is 29.8 Å². The van der Waals surface area contributed by atoms with Crippen molar-refractivity contribution in [3.05, 3.63) is 34.3 Å². The maximum absolute atomic E-state index is 11.7. The Hall–Kier alpha value is -1.60. The topological polar surface area (TPSA) is 95.9 Å². The summed E-state index contributed by atoms with van der Waals surface area (Å²) in [5.41, 5.74) is -0.388. The molecule has 3 N–H and O–H groups in total. The first-order valence-electron chi connectivity index (χ1n) is 6.26. The second kappa shape index (κ2) is 6.91. The van der Waals surface area contributed by atoms with Crippen LogP contribution in [-0.2, 0) is 9.53 Å². The van der Waals surface area contributed by atoms with Gasteiger partial charge >= 0.3 is 12.1 Å². The maximum Gasteiger partial charge on any atom is 0.408 e. The van der Waals surface area contributed by atoms with Crippen molar-refractivity contribution in [2.24, 2.45) is 0 Å². The first kappa shape index (κ1) is 17.5. The number of rotatable bonds is 4. The van der Waals surface area contributed by atoms with E-state index in [4.69, 9.17) is 4.74 Å². The summed E-state index contributed by atoms with van der Waals surface area (Å²) in [7, 11) is 0. The van der Waals surface area contributed by atoms with Crippen LogP contribution in [0.1, 0.15) is 32.4 Å². The number of amides is 1. The fourth-order valence-electron chi connectivity index (χ4n) is 1.59. The van der Waals surface area contributed by atoms with Gasteiger partial charge in [-0.3, -0.25) is 0 Å². The molecule has 0 aliphatic rings. The first-order chi connectivity index (χ1) is 9.60. The quantitative estimate of drug-likeness (QED) is 0.767. The van der Waals surface area contributed by atoms with Crippen molar-refractivity contribution in [2.45, 2.75) is 38.5 Å². The van der Waals surface area contributed by atoms with Crippen LogP contribution in [0.3, 0.4) is 0 Å². The minimum Gasteiger partial charge on any atom is -0.480 e. The summed E-state index contributed by atoms with van der Waals surface area (Å²) in [6.45, 7) is 4.98. The number of carbonyl (C=O) groups excluding carboxylic acids is 1. The number of halogens is 1. The van der Waals surface area contributed by atoms with Crippen LogP contribution in [0.4, 0.5) is 4.79 Å². The Balaban J connectivity index is 2.87. The van der Waals surface area contributed by atoms with Crippen LogP contribution in [-0.4, -0.2) is 33.9 Å². The molecule has 6 nitrogen and oxygen atoms in total. The van der Waals surface area contributed by atoms with E-state index in [0.29, 0.717) is 10.0 Å². The Morgan fingerprint density at radius 1 is 1.33 bits per heavy atom. The number of ether oxygens (including phenoxy) is 1. The highest BCUT2D eigenvalue weighted by molar-refractivity contribution is 9.10. The fourth-order valence-corrected chi connectivity index (χ4v) is 2.01. The number of carboxylic acids is 1. The molecule has 1 amide bonds. The Bertz CT molecular complexity index is 526. The molecule has 0 unspecified atom stereocenters. The normalized spacial score (nSPS) is 14.1. The number of aliphatic hydroxyl groups is 1.